The fourth-order valence-corrected chi connectivity index (χ4v) is 3.98. The molecule has 4 heterocycles. The number of carbonyl (C=O) groups is 1. The van der Waals surface area contributed by atoms with Crippen LogP contribution in [-0.2, 0) is 7.05 Å². The lowest BCUT2D eigenvalue weighted by atomic mass is 10.2. The fraction of sp³-hybridized carbons (Fsp3) is 0.333. The molecule has 0 saturated carbocycles. The second kappa shape index (κ2) is 7.66. The smallest absolute Gasteiger partial charge is 0.276 e. The molecule has 10 nitrogen and oxygen atoms in total. The third-order valence-electron chi connectivity index (χ3n) is 5.72. The molecule has 0 atom stereocenters. The Labute approximate surface area is 183 Å². The van der Waals surface area contributed by atoms with Gasteiger partial charge in [0.15, 0.2) is 11.3 Å². The molecule has 11 heteroatoms. The molecule has 0 spiro atoms. The van der Waals surface area contributed by atoms with Gasteiger partial charge in [-0.05, 0) is 38.1 Å². The molecular formula is C21H22FN9O. The van der Waals surface area contributed by atoms with Crippen LogP contribution < -0.4 is 4.90 Å². The lowest BCUT2D eigenvalue weighted by Crippen LogP contribution is -2.49. The van der Waals surface area contributed by atoms with Crippen molar-refractivity contribution < 1.29 is 9.18 Å². The highest BCUT2D eigenvalue weighted by Gasteiger charge is 2.28. The zero-order chi connectivity index (χ0) is 22.4. The maximum atomic E-state index is 13.2. The summed E-state index contributed by atoms with van der Waals surface area (Å²) in [4.78, 5) is 26.2. The van der Waals surface area contributed by atoms with E-state index in [0.29, 0.717) is 49.1 Å². The largest absolute Gasteiger partial charge is 0.352 e. The molecule has 0 bridgehead atoms. The summed E-state index contributed by atoms with van der Waals surface area (Å²) in [6, 6.07) is 5.91. The Morgan fingerprint density at radius 2 is 1.75 bits per heavy atom. The lowest BCUT2D eigenvalue weighted by molar-refractivity contribution is 0.0740. The Bertz CT molecular complexity index is 1300. The van der Waals surface area contributed by atoms with Crippen LogP contribution >= 0.6 is 0 Å². The van der Waals surface area contributed by atoms with Crippen molar-refractivity contribution in [3.8, 4) is 5.69 Å². The summed E-state index contributed by atoms with van der Waals surface area (Å²) in [6.45, 7) is 5.99. The molecule has 32 heavy (non-hydrogen) atoms. The molecular weight excluding hydrogens is 413 g/mol. The number of rotatable bonds is 3. The predicted molar refractivity (Wildman–Crippen MR) is 115 cm³/mol. The summed E-state index contributed by atoms with van der Waals surface area (Å²) in [7, 11) is 1.86. The summed E-state index contributed by atoms with van der Waals surface area (Å²) >= 11 is 0. The Kier molecular flexibility index (Phi) is 4.80. The highest BCUT2D eigenvalue weighted by atomic mass is 19.1. The molecule has 1 fully saturated rings. The number of hydrogen-bond acceptors (Lipinski definition) is 7. The van der Waals surface area contributed by atoms with E-state index in [4.69, 9.17) is 0 Å². The Balaban J connectivity index is 1.33. The van der Waals surface area contributed by atoms with Crippen molar-refractivity contribution >= 4 is 22.8 Å². The normalized spacial score (nSPS) is 14.4. The van der Waals surface area contributed by atoms with Gasteiger partial charge in [0.2, 0.25) is 0 Å². The van der Waals surface area contributed by atoms with Crippen LogP contribution in [0, 0.1) is 19.7 Å². The van der Waals surface area contributed by atoms with Crippen molar-refractivity contribution in [2.75, 3.05) is 31.1 Å². The first kappa shape index (κ1) is 20.0. The first-order valence-electron chi connectivity index (χ1n) is 10.3. The van der Waals surface area contributed by atoms with Gasteiger partial charge in [0.25, 0.3) is 5.91 Å². The summed E-state index contributed by atoms with van der Waals surface area (Å²) in [6.07, 6.45) is 1.78. The minimum Gasteiger partial charge on any atom is -0.352 e. The van der Waals surface area contributed by atoms with Crippen molar-refractivity contribution in [2.24, 2.45) is 7.05 Å². The number of nitrogens with zero attached hydrogens (tertiary/aromatic N) is 9. The Morgan fingerprint density at radius 3 is 2.47 bits per heavy atom. The van der Waals surface area contributed by atoms with Crippen LogP contribution in [0.5, 0.6) is 0 Å². The van der Waals surface area contributed by atoms with Crippen LogP contribution in [0.1, 0.15) is 22.0 Å². The third-order valence-corrected chi connectivity index (χ3v) is 5.72. The fourth-order valence-electron chi connectivity index (χ4n) is 3.98. The number of benzene rings is 1. The first-order valence-corrected chi connectivity index (χ1v) is 10.3. The second-order valence-electron chi connectivity index (χ2n) is 7.79. The van der Waals surface area contributed by atoms with Crippen LogP contribution in [0.4, 0.5) is 10.2 Å². The van der Waals surface area contributed by atoms with E-state index in [0.717, 1.165) is 16.9 Å². The Morgan fingerprint density at radius 1 is 1.03 bits per heavy atom. The van der Waals surface area contributed by atoms with Gasteiger partial charge in [-0.2, -0.15) is 5.10 Å². The molecule has 1 aliphatic heterocycles. The second-order valence-corrected chi connectivity index (χ2v) is 7.79. The van der Waals surface area contributed by atoms with Crippen molar-refractivity contribution in [3.63, 3.8) is 0 Å². The number of anilines is 1. The van der Waals surface area contributed by atoms with Gasteiger partial charge in [-0.1, -0.05) is 5.21 Å². The maximum absolute atomic E-state index is 13.2. The van der Waals surface area contributed by atoms with Gasteiger partial charge >= 0.3 is 0 Å². The van der Waals surface area contributed by atoms with E-state index in [-0.39, 0.29) is 11.7 Å². The third kappa shape index (κ3) is 3.35. The van der Waals surface area contributed by atoms with E-state index < -0.39 is 0 Å². The lowest BCUT2D eigenvalue weighted by Gasteiger charge is -2.35. The molecule has 0 N–H and O–H groups in total. The first-order chi connectivity index (χ1) is 15.4. The minimum absolute atomic E-state index is 0.166. The van der Waals surface area contributed by atoms with Crippen LogP contribution in [0.15, 0.2) is 30.5 Å². The van der Waals surface area contributed by atoms with E-state index in [1.807, 2.05) is 14.0 Å². The molecule has 1 amide bonds. The van der Waals surface area contributed by atoms with Gasteiger partial charge in [0.1, 0.15) is 17.5 Å². The van der Waals surface area contributed by atoms with Crippen molar-refractivity contribution in [3.05, 3.63) is 53.5 Å². The molecule has 0 unspecified atom stereocenters. The topological polar surface area (TPSA) is 97.9 Å². The number of aromatic nitrogens is 7. The number of piperazine rings is 1. The summed E-state index contributed by atoms with van der Waals surface area (Å²) in [5.74, 6) is 1.03. The van der Waals surface area contributed by atoms with Crippen molar-refractivity contribution in [2.45, 2.75) is 13.8 Å². The highest BCUT2D eigenvalue weighted by Crippen LogP contribution is 2.25. The molecule has 1 aromatic carbocycles. The number of fused-ring (bicyclic) bond motifs is 1. The predicted octanol–water partition coefficient (Wildman–Crippen LogP) is 1.66. The van der Waals surface area contributed by atoms with Gasteiger partial charge in [0.05, 0.1) is 23.0 Å². The van der Waals surface area contributed by atoms with Crippen LogP contribution in [0.25, 0.3) is 16.7 Å². The van der Waals surface area contributed by atoms with Gasteiger partial charge in [-0.25, -0.2) is 19.0 Å². The van der Waals surface area contributed by atoms with Gasteiger partial charge in [0, 0.05) is 33.2 Å². The number of hydrogen-bond donors (Lipinski definition) is 0. The molecule has 4 aromatic rings. The number of carbonyl (C=O) groups excluding carboxylic acids is 1. The van der Waals surface area contributed by atoms with Crippen molar-refractivity contribution in [1.29, 1.82) is 0 Å². The van der Waals surface area contributed by atoms with E-state index in [1.165, 1.54) is 12.1 Å². The van der Waals surface area contributed by atoms with Gasteiger partial charge < -0.3 is 9.80 Å². The SMILES string of the molecule is Cc1nc(N2CCN(C(=O)c3nnn(-c4ccc(F)cc4)c3C)CC2)c2cnn(C)c2n1. The highest BCUT2D eigenvalue weighted by molar-refractivity contribution is 5.93. The van der Waals surface area contributed by atoms with Gasteiger partial charge in [-0.15, -0.1) is 5.10 Å². The summed E-state index contributed by atoms with van der Waals surface area (Å²) < 4.78 is 16.5. The number of halogens is 1. The molecule has 1 saturated heterocycles. The average Bonchev–Trinajstić information content (AvgIpc) is 3.36. The van der Waals surface area contributed by atoms with E-state index >= 15 is 0 Å². The van der Waals surface area contributed by atoms with E-state index in [1.54, 1.807) is 39.5 Å². The van der Waals surface area contributed by atoms with E-state index in [9.17, 15) is 9.18 Å². The summed E-state index contributed by atoms with van der Waals surface area (Å²) in [5.41, 5.74) is 2.36. The average molecular weight is 435 g/mol. The van der Waals surface area contributed by atoms with Crippen molar-refractivity contribution in [1.82, 2.24) is 39.6 Å². The quantitative estimate of drug-likeness (QED) is 0.483. The van der Waals surface area contributed by atoms with Crippen LogP contribution in [0.3, 0.4) is 0 Å². The molecule has 3 aromatic heterocycles. The standard InChI is InChI=1S/C21H22FN9O/c1-13-18(26-27-31(13)16-6-4-15(22)5-7-16)21(32)30-10-8-29(9-11-30)20-17-12-23-28(3)19(17)24-14(2)25-20/h4-7,12H,8-11H2,1-3H3. The monoisotopic (exact) mass is 435 g/mol. The molecule has 0 radical (unpaired) electrons. The molecule has 1 aliphatic rings. The molecule has 0 aliphatic carbocycles. The number of aryl methyl sites for hydroxylation is 2. The van der Waals surface area contributed by atoms with Crippen LogP contribution in [0.2, 0.25) is 0 Å². The zero-order valence-corrected chi connectivity index (χ0v) is 18.0. The van der Waals surface area contributed by atoms with Gasteiger partial charge in [-0.3, -0.25) is 9.48 Å². The minimum atomic E-state index is -0.330. The zero-order valence-electron chi connectivity index (χ0n) is 18.0. The summed E-state index contributed by atoms with van der Waals surface area (Å²) in [5, 5.41) is 13.4. The molecule has 5 rings (SSSR count). The molecule has 164 valence electrons. The Hall–Kier alpha value is -3.89. The van der Waals surface area contributed by atoms with Crippen LogP contribution in [-0.4, -0.2) is 71.7 Å². The van der Waals surface area contributed by atoms with E-state index in [2.05, 4.69) is 30.3 Å². The maximum Gasteiger partial charge on any atom is 0.276 e. The number of amides is 1.